The fourth-order valence-corrected chi connectivity index (χ4v) is 2.44. The van der Waals surface area contributed by atoms with E-state index in [1.54, 1.807) is 22.8 Å². The smallest absolute Gasteiger partial charge is 0.360 e. The monoisotopic (exact) mass is 313 g/mol. The Balaban J connectivity index is 2.66. The van der Waals surface area contributed by atoms with Crippen molar-refractivity contribution in [1.82, 2.24) is 9.55 Å². The second-order valence-corrected chi connectivity index (χ2v) is 4.94. The number of nitrogens with zero attached hydrogens (tertiary/aromatic N) is 2. The van der Waals surface area contributed by atoms with Crippen molar-refractivity contribution >= 4 is 35.0 Å². The molecule has 0 spiro atoms. The third-order valence-corrected chi connectivity index (χ3v) is 3.22. The summed E-state index contributed by atoms with van der Waals surface area (Å²) in [5.74, 6) is 0.248. The fourth-order valence-electron chi connectivity index (χ4n) is 1.92. The third kappa shape index (κ3) is 2.59. The molecule has 1 heterocycles. The van der Waals surface area contributed by atoms with Crippen LogP contribution in [0.15, 0.2) is 18.2 Å². The lowest BCUT2D eigenvalue weighted by Crippen LogP contribution is -2.08. The van der Waals surface area contributed by atoms with E-state index >= 15 is 0 Å². The van der Waals surface area contributed by atoms with Crippen LogP contribution in [0.1, 0.15) is 23.2 Å². The molecule has 20 heavy (non-hydrogen) atoms. The zero-order valence-electron chi connectivity index (χ0n) is 11.0. The predicted octanol–water partition coefficient (Wildman–Crippen LogP) is 3.11. The minimum Gasteiger partial charge on any atom is -0.464 e. The number of hydrogen-bond donors (Lipinski definition) is 1. The van der Waals surface area contributed by atoms with Crippen molar-refractivity contribution in [3.8, 4) is 5.69 Å². The molecule has 0 aliphatic carbocycles. The predicted molar refractivity (Wildman–Crippen MR) is 78.7 cm³/mol. The summed E-state index contributed by atoms with van der Waals surface area (Å²) in [5.41, 5.74) is 6.74. The number of rotatable bonds is 3. The van der Waals surface area contributed by atoms with Crippen molar-refractivity contribution in [3.05, 3.63) is 39.8 Å². The number of nitrogens with two attached hydrogens (primary N) is 1. The number of benzene rings is 1. The van der Waals surface area contributed by atoms with Gasteiger partial charge in [-0.15, -0.1) is 0 Å². The fraction of sp³-hybridized carbons (Fsp3) is 0.231. The minimum atomic E-state index is -0.580. The molecule has 0 atom stereocenters. The number of carbonyl (C=O) groups excluding carboxylic acids is 1. The number of aryl methyl sites for hydroxylation is 1. The van der Waals surface area contributed by atoms with E-state index in [2.05, 4.69) is 9.72 Å². The number of ether oxygens (including phenoxy) is 1. The molecule has 0 saturated carbocycles. The summed E-state index contributed by atoms with van der Waals surface area (Å²) in [6.07, 6.45) is 0.589. The zero-order chi connectivity index (χ0) is 14.9. The first kappa shape index (κ1) is 14.7. The molecule has 1 aromatic heterocycles. The SMILES string of the molecule is CCc1nc(C(=O)OC)c(N)n1-c1cc(Cl)cc(Cl)c1. The molecule has 0 amide bonds. The Bertz CT molecular complexity index is 648. The largest absolute Gasteiger partial charge is 0.464 e. The van der Waals surface area contributed by atoms with Crippen LogP contribution in [0.4, 0.5) is 5.82 Å². The first-order chi connectivity index (χ1) is 9.47. The Morgan fingerprint density at radius 1 is 1.35 bits per heavy atom. The Labute approximate surface area is 126 Å². The summed E-state index contributed by atoms with van der Waals surface area (Å²) in [6.45, 7) is 1.91. The Kier molecular flexibility index (Phi) is 4.20. The average Bonchev–Trinajstić information content (AvgIpc) is 2.73. The number of aromatic nitrogens is 2. The number of hydrogen-bond acceptors (Lipinski definition) is 4. The van der Waals surface area contributed by atoms with Crippen LogP contribution >= 0.6 is 23.2 Å². The maximum atomic E-state index is 11.7. The van der Waals surface area contributed by atoms with Crippen molar-refractivity contribution in [2.75, 3.05) is 12.8 Å². The van der Waals surface area contributed by atoms with E-state index in [0.717, 1.165) is 0 Å². The lowest BCUT2D eigenvalue weighted by molar-refractivity contribution is 0.0596. The molecule has 1 aromatic carbocycles. The van der Waals surface area contributed by atoms with Crippen LogP contribution in [0, 0.1) is 0 Å². The lowest BCUT2D eigenvalue weighted by atomic mass is 10.3. The van der Waals surface area contributed by atoms with Gasteiger partial charge in [0.2, 0.25) is 0 Å². The zero-order valence-corrected chi connectivity index (χ0v) is 12.5. The van der Waals surface area contributed by atoms with E-state index in [9.17, 15) is 4.79 Å². The molecule has 0 bridgehead atoms. The molecule has 0 saturated heterocycles. The topological polar surface area (TPSA) is 70.1 Å². The highest BCUT2D eigenvalue weighted by molar-refractivity contribution is 6.34. The summed E-state index contributed by atoms with van der Waals surface area (Å²) in [4.78, 5) is 15.9. The van der Waals surface area contributed by atoms with Gasteiger partial charge < -0.3 is 10.5 Å². The van der Waals surface area contributed by atoms with Crippen LogP contribution in [0.3, 0.4) is 0 Å². The first-order valence-electron chi connectivity index (χ1n) is 5.89. The number of methoxy groups -OCH3 is 1. The van der Waals surface area contributed by atoms with Crippen LogP contribution in [-0.4, -0.2) is 22.6 Å². The van der Waals surface area contributed by atoms with Crippen molar-refractivity contribution in [3.63, 3.8) is 0 Å². The van der Waals surface area contributed by atoms with Gasteiger partial charge >= 0.3 is 5.97 Å². The van der Waals surface area contributed by atoms with Gasteiger partial charge in [-0.25, -0.2) is 9.78 Å². The molecule has 2 N–H and O–H groups in total. The minimum absolute atomic E-state index is 0.0837. The molecule has 2 rings (SSSR count). The maximum Gasteiger partial charge on any atom is 0.360 e. The van der Waals surface area contributed by atoms with Crippen LogP contribution in [-0.2, 0) is 11.2 Å². The lowest BCUT2D eigenvalue weighted by Gasteiger charge is -2.10. The summed E-state index contributed by atoms with van der Waals surface area (Å²) in [5, 5.41) is 0.949. The van der Waals surface area contributed by atoms with Gasteiger partial charge in [-0.3, -0.25) is 4.57 Å². The Morgan fingerprint density at radius 2 is 1.95 bits per heavy atom. The molecule has 0 fully saturated rings. The van der Waals surface area contributed by atoms with Gasteiger partial charge in [0.15, 0.2) is 5.69 Å². The highest BCUT2D eigenvalue weighted by Crippen LogP contribution is 2.27. The van der Waals surface area contributed by atoms with Gasteiger partial charge in [-0.1, -0.05) is 30.1 Å². The van der Waals surface area contributed by atoms with Crippen LogP contribution in [0.25, 0.3) is 5.69 Å². The van der Waals surface area contributed by atoms with Gasteiger partial charge in [0, 0.05) is 16.5 Å². The molecule has 0 aliphatic rings. The van der Waals surface area contributed by atoms with Gasteiger partial charge in [-0.05, 0) is 18.2 Å². The van der Waals surface area contributed by atoms with Crippen LogP contribution in [0.5, 0.6) is 0 Å². The summed E-state index contributed by atoms with van der Waals surface area (Å²) in [7, 11) is 1.28. The maximum absolute atomic E-state index is 11.7. The third-order valence-electron chi connectivity index (χ3n) is 2.78. The molecule has 2 aromatic rings. The second-order valence-electron chi connectivity index (χ2n) is 4.07. The Hall–Kier alpha value is -1.72. The molecular weight excluding hydrogens is 301 g/mol. The first-order valence-corrected chi connectivity index (χ1v) is 6.65. The molecule has 106 valence electrons. The molecule has 7 heteroatoms. The van der Waals surface area contributed by atoms with E-state index in [-0.39, 0.29) is 11.5 Å². The standard InChI is InChI=1S/C13H13Cl2N3O2/c1-3-10-17-11(13(19)20-2)12(16)18(10)9-5-7(14)4-8(15)6-9/h4-6H,3,16H2,1-2H3. The summed E-state index contributed by atoms with van der Waals surface area (Å²) in [6, 6.07) is 5.02. The van der Waals surface area contributed by atoms with Crippen LogP contribution < -0.4 is 5.73 Å². The second kappa shape index (κ2) is 5.73. The van der Waals surface area contributed by atoms with E-state index in [1.807, 2.05) is 6.92 Å². The average molecular weight is 314 g/mol. The van der Waals surface area contributed by atoms with Gasteiger partial charge in [0.05, 0.1) is 12.8 Å². The number of imidazole rings is 1. The van der Waals surface area contributed by atoms with E-state index in [1.165, 1.54) is 7.11 Å². The number of nitrogen functional groups attached to an aromatic ring is 1. The summed E-state index contributed by atoms with van der Waals surface area (Å²) < 4.78 is 6.31. The molecule has 0 aliphatic heterocycles. The van der Waals surface area contributed by atoms with E-state index in [4.69, 9.17) is 28.9 Å². The van der Waals surface area contributed by atoms with Gasteiger partial charge in [0.25, 0.3) is 0 Å². The normalized spacial score (nSPS) is 10.6. The van der Waals surface area contributed by atoms with Crippen molar-refractivity contribution in [1.29, 1.82) is 0 Å². The van der Waals surface area contributed by atoms with Gasteiger partial charge in [0.1, 0.15) is 11.6 Å². The highest BCUT2D eigenvalue weighted by Gasteiger charge is 2.21. The Morgan fingerprint density at radius 3 is 2.45 bits per heavy atom. The molecular formula is C13H13Cl2N3O2. The summed E-state index contributed by atoms with van der Waals surface area (Å²) >= 11 is 12.0. The van der Waals surface area contributed by atoms with Crippen LogP contribution in [0.2, 0.25) is 10.0 Å². The number of carbonyl (C=O) groups is 1. The molecule has 0 unspecified atom stereocenters. The van der Waals surface area contributed by atoms with E-state index < -0.39 is 5.97 Å². The quantitative estimate of drug-likeness (QED) is 0.884. The highest BCUT2D eigenvalue weighted by atomic mass is 35.5. The molecule has 0 radical (unpaired) electrons. The number of esters is 1. The van der Waals surface area contributed by atoms with Gasteiger partial charge in [-0.2, -0.15) is 0 Å². The van der Waals surface area contributed by atoms with Crippen molar-refractivity contribution in [2.45, 2.75) is 13.3 Å². The molecule has 5 nitrogen and oxygen atoms in total. The van der Waals surface area contributed by atoms with Crippen molar-refractivity contribution < 1.29 is 9.53 Å². The van der Waals surface area contributed by atoms with E-state index in [0.29, 0.717) is 28.0 Å². The number of halogens is 2. The number of anilines is 1. The van der Waals surface area contributed by atoms with Crippen molar-refractivity contribution in [2.24, 2.45) is 0 Å².